The summed E-state index contributed by atoms with van der Waals surface area (Å²) in [5.74, 6) is -0.702. The lowest BCUT2D eigenvalue weighted by Crippen LogP contribution is -2.53. The van der Waals surface area contributed by atoms with Crippen molar-refractivity contribution in [2.24, 2.45) is 0 Å². The Labute approximate surface area is 232 Å². The van der Waals surface area contributed by atoms with Crippen molar-refractivity contribution in [3.05, 3.63) is 101 Å². The number of carbonyl (C=O) groups excluding carboxylic acids is 2. The number of rotatable bonds is 13. The van der Waals surface area contributed by atoms with E-state index in [0.717, 1.165) is 45.7 Å². The normalized spacial score (nSPS) is 12.0. The lowest BCUT2D eigenvalue weighted by molar-refractivity contribution is -0.140. The van der Waals surface area contributed by atoms with Gasteiger partial charge in [0.05, 0.1) is 11.9 Å². The molecule has 0 bridgehead atoms. The second-order valence-electron chi connectivity index (χ2n) is 9.92. The molecule has 2 amide bonds. The van der Waals surface area contributed by atoms with Gasteiger partial charge in [0.2, 0.25) is 21.8 Å². The van der Waals surface area contributed by atoms with E-state index < -0.39 is 28.5 Å². The standard InChI is InChI=1S/C31H39N3O4S/c1-5-6-19-32-31(36)29(21-26-15-8-7-9-16-26)33(22-27-17-12-13-24(2)20-27)30(35)23-34(39(4,37)38)28-18-11-10-14-25(28)3/h7-18,20,29H,5-6,19,21-23H2,1-4H3,(H,32,36). The van der Waals surface area contributed by atoms with E-state index in [2.05, 4.69) is 5.32 Å². The molecule has 3 aromatic carbocycles. The van der Waals surface area contributed by atoms with Crippen LogP contribution < -0.4 is 9.62 Å². The summed E-state index contributed by atoms with van der Waals surface area (Å²) < 4.78 is 26.9. The molecule has 0 aliphatic heterocycles. The number of aryl methyl sites for hydroxylation is 2. The van der Waals surface area contributed by atoms with E-state index in [9.17, 15) is 18.0 Å². The largest absolute Gasteiger partial charge is 0.354 e. The molecule has 1 N–H and O–H groups in total. The fourth-order valence-electron chi connectivity index (χ4n) is 4.51. The predicted molar refractivity (Wildman–Crippen MR) is 157 cm³/mol. The molecule has 3 aromatic rings. The van der Waals surface area contributed by atoms with Crippen LogP contribution in [0.2, 0.25) is 0 Å². The van der Waals surface area contributed by atoms with Crippen molar-refractivity contribution in [1.29, 1.82) is 0 Å². The van der Waals surface area contributed by atoms with Crippen LogP contribution in [0.1, 0.15) is 42.0 Å². The van der Waals surface area contributed by atoms with Gasteiger partial charge in [-0.3, -0.25) is 13.9 Å². The molecule has 1 unspecified atom stereocenters. The molecule has 0 aliphatic rings. The summed E-state index contributed by atoms with van der Waals surface area (Å²) >= 11 is 0. The molecule has 0 aliphatic carbocycles. The molecule has 208 valence electrons. The van der Waals surface area contributed by atoms with Crippen LogP contribution in [0.3, 0.4) is 0 Å². The fourth-order valence-corrected chi connectivity index (χ4v) is 5.41. The van der Waals surface area contributed by atoms with Gasteiger partial charge >= 0.3 is 0 Å². The highest BCUT2D eigenvalue weighted by Gasteiger charge is 2.33. The fraction of sp³-hybridized carbons (Fsp3) is 0.355. The quantitative estimate of drug-likeness (QED) is 0.315. The Morgan fingerprint density at radius 2 is 1.56 bits per heavy atom. The van der Waals surface area contributed by atoms with E-state index in [4.69, 9.17) is 0 Å². The van der Waals surface area contributed by atoms with Crippen molar-refractivity contribution in [3.8, 4) is 0 Å². The number of para-hydroxylation sites is 1. The van der Waals surface area contributed by atoms with E-state index in [-0.39, 0.29) is 12.5 Å². The van der Waals surface area contributed by atoms with Crippen LogP contribution in [0.5, 0.6) is 0 Å². The molecule has 7 nitrogen and oxygen atoms in total. The van der Waals surface area contributed by atoms with E-state index in [1.54, 1.807) is 12.1 Å². The maximum atomic E-state index is 14.1. The van der Waals surface area contributed by atoms with Gasteiger partial charge in [-0.05, 0) is 43.0 Å². The highest BCUT2D eigenvalue weighted by molar-refractivity contribution is 7.92. The number of amides is 2. The van der Waals surface area contributed by atoms with Crippen molar-refractivity contribution in [2.75, 3.05) is 23.7 Å². The average molecular weight is 550 g/mol. The van der Waals surface area contributed by atoms with Crippen molar-refractivity contribution >= 4 is 27.5 Å². The second kappa shape index (κ2) is 13.9. The smallest absolute Gasteiger partial charge is 0.244 e. The van der Waals surface area contributed by atoms with Crippen LogP contribution in [0.4, 0.5) is 5.69 Å². The Bertz CT molecular complexity index is 1360. The minimum atomic E-state index is -3.79. The summed E-state index contributed by atoms with van der Waals surface area (Å²) in [5.41, 5.74) is 3.98. The molecule has 0 heterocycles. The minimum absolute atomic E-state index is 0.171. The number of sulfonamides is 1. The number of nitrogens with one attached hydrogen (secondary N) is 1. The van der Waals surface area contributed by atoms with Gasteiger partial charge < -0.3 is 10.2 Å². The SMILES string of the molecule is CCCCNC(=O)C(Cc1ccccc1)N(Cc1cccc(C)c1)C(=O)CN(c1ccccc1C)S(C)(=O)=O. The van der Waals surface area contributed by atoms with Crippen molar-refractivity contribution < 1.29 is 18.0 Å². The van der Waals surface area contributed by atoms with Gasteiger partial charge in [0, 0.05) is 19.5 Å². The lowest BCUT2D eigenvalue weighted by Gasteiger charge is -2.34. The molecule has 0 saturated carbocycles. The number of nitrogens with zero attached hydrogens (tertiary/aromatic N) is 2. The second-order valence-corrected chi connectivity index (χ2v) is 11.8. The molecule has 39 heavy (non-hydrogen) atoms. The number of unbranched alkanes of at least 4 members (excludes halogenated alkanes) is 1. The van der Waals surface area contributed by atoms with Gasteiger partial charge in [0.25, 0.3) is 0 Å². The lowest BCUT2D eigenvalue weighted by atomic mass is 10.0. The van der Waals surface area contributed by atoms with Gasteiger partial charge in [0.1, 0.15) is 12.6 Å². The zero-order chi connectivity index (χ0) is 28.4. The topological polar surface area (TPSA) is 86.8 Å². The number of anilines is 1. The van der Waals surface area contributed by atoms with Crippen molar-refractivity contribution in [2.45, 2.75) is 52.6 Å². The van der Waals surface area contributed by atoms with Crippen molar-refractivity contribution in [1.82, 2.24) is 10.2 Å². The third kappa shape index (κ3) is 8.68. The van der Waals surface area contributed by atoms with E-state index in [0.29, 0.717) is 18.7 Å². The van der Waals surface area contributed by atoms with Crippen LogP contribution >= 0.6 is 0 Å². The number of hydrogen-bond acceptors (Lipinski definition) is 4. The Kier molecular flexibility index (Phi) is 10.7. The number of hydrogen-bond donors (Lipinski definition) is 1. The summed E-state index contributed by atoms with van der Waals surface area (Å²) in [6.07, 6.45) is 3.15. The van der Waals surface area contributed by atoms with Gasteiger partial charge in [-0.1, -0.05) is 91.7 Å². The molecule has 0 saturated heterocycles. The Morgan fingerprint density at radius 1 is 0.897 bits per heavy atom. The maximum Gasteiger partial charge on any atom is 0.244 e. The number of benzene rings is 3. The van der Waals surface area contributed by atoms with Crippen LogP contribution in [0, 0.1) is 13.8 Å². The third-order valence-corrected chi connectivity index (χ3v) is 7.73. The van der Waals surface area contributed by atoms with Crippen LogP contribution in [-0.2, 0) is 32.6 Å². The highest BCUT2D eigenvalue weighted by atomic mass is 32.2. The number of carbonyl (C=O) groups is 2. The zero-order valence-electron chi connectivity index (χ0n) is 23.3. The van der Waals surface area contributed by atoms with Gasteiger partial charge in [-0.15, -0.1) is 0 Å². The highest BCUT2D eigenvalue weighted by Crippen LogP contribution is 2.23. The molecule has 0 aromatic heterocycles. The molecular weight excluding hydrogens is 510 g/mol. The molecule has 1 atom stereocenters. The summed E-state index contributed by atoms with van der Waals surface area (Å²) in [6, 6.07) is 23.6. The first-order valence-electron chi connectivity index (χ1n) is 13.3. The zero-order valence-corrected chi connectivity index (χ0v) is 24.1. The predicted octanol–water partition coefficient (Wildman–Crippen LogP) is 4.63. The van der Waals surface area contributed by atoms with E-state index >= 15 is 0 Å². The Balaban J connectivity index is 2.04. The first-order chi connectivity index (χ1) is 18.6. The van der Waals surface area contributed by atoms with Gasteiger partial charge in [-0.2, -0.15) is 0 Å². The molecule has 8 heteroatoms. The summed E-state index contributed by atoms with van der Waals surface area (Å²) in [6.45, 7) is 6.09. The Morgan fingerprint density at radius 3 is 2.21 bits per heavy atom. The van der Waals surface area contributed by atoms with Gasteiger partial charge in [0.15, 0.2) is 0 Å². The third-order valence-electron chi connectivity index (χ3n) is 6.60. The Hall–Kier alpha value is -3.65. The summed E-state index contributed by atoms with van der Waals surface area (Å²) in [4.78, 5) is 29.2. The van der Waals surface area contributed by atoms with E-state index in [1.807, 2.05) is 87.5 Å². The van der Waals surface area contributed by atoms with E-state index in [1.165, 1.54) is 4.90 Å². The molecule has 0 spiro atoms. The average Bonchev–Trinajstić information content (AvgIpc) is 2.90. The van der Waals surface area contributed by atoms with Crippen molar-refractivity contribution in [3.63, 3.8) is 0 Å². The first kappa shape index (κ1) is 29.9. The van der Waals surface area contributed by atoms with Crippen LogP contribution in [0.15, 0.2) is 78.9 Å². The molecule has 0 fully saturated rings. The minimum Gasteiger partial charge on any atom is -0.354 e. The van der Waals surface area contributed by atoms with Crippen LogP contribution in [-0.4, -0.2) is 50.5 Å². The summed E-state index contributed by atoms with van der Waals surface area (Å²) in [5, 5.41) is 3.00. The molecule has 0 radical (unpaired) electrons. The van der Waals surface area contributed by atoms with Crippen LogP contribution in [0.25, 0.3) is 0 Å². The summed E-state index contributed by atoms with van der Waals surface area (Å²) in [7, 11) is -3.79. The molecular formula is C31H39N3O4S. The maximum absolute atomic E-state index is 14.1. The van der Waals surface area contributed by atoms with Gasteiger partial charge in [-0.25, -0.2) is 8.42 Å². The first-order valence-corrected chi connectivity index (χ1v) is 15.1. The monoisotopic (exact) mass is 549 g/mol. The molecule has 3 rings (SSSR count).